The van der Waals surface area contributed by atoms with Crippen molar-refractivity contribution >= 4 is 17.5 Å². The molecule has 0 spiro atoms. The SMILES string of the molecule is CC(NC(=O)C1(CN)CCC1)c1cccc(Cl)c1. The molecule has 4 heteroatoms. The lowest BCUT2D eigenvalue weighted by Crippen LogP contribution is -2.50. The fourth-order valence-corrected chi connectivity index (χ4v) is 2.54. The molecule has 0 radical (unpaired) electrons. The molecule has 0 aromatic heterocycles. The number of hydrogen-bond acceptors (Lipinski definition) is 2. The van der Waals surface area contributed by atoms with Crippen LogP contribution in [-0.2, 0) is 4.79 Å². The van der Waals surface area contributed by atoms with Crippen LogP contribution in [0.3, 0.4) is 0 Å². The summed E-state index contributed by atoms with van der Waals surface area (Å²) in [7, 11) is 0. The number of benzene rings is 1. The van der Waals surface area contributed by atoms with Crippen LogP contribution in [0, 0.1) is 5.41 Å². The predicted molar refractivity (Wildman–Crippen MR) is 73.3 cm³/mol. The Morgan fingerprint density at radius 1 is 1.56 bits per heavy atom. The van der Waals surface area contributed by atoms with E-state index in [1.807, 2.05) is 31.2 Å². The van der Waals surface area contributed by atoms with Crippen LogP contribution < -0.4 is 11.1 Å². The lowest BCUT2D eigenvalue weighted by molar-refractivity contribution is -0.135. The summed E-state index contributed by atoms with van der Waals surface area (Å²) in [6, 6.07) is 7.52. The minimum atomic E-state index is -0.327. The maximum atomic E-state index is 12.2. The first-order chi connectivity index (χ1) is 8.57. The molecule has 1 fully saturated rings. The van der Waals surface area contributed by atoms with Crippen molar-refractivity contribution in [2.75, 3.05) is 6.54 Å². The molecule has 1 atom stereocenters. The van der Waals surface area contributed by atoms with E-state index in [9.17, 15) is 4.79 Å². The van der Waals surface area contributed by atoms with Crippen LogP contribution in [0.1, 0.15) is 37.8 Å². The second-order valence-corrected chi connectivity index (χ2v) is 5.52. The highest BCUT2D eigenvalue weighted by molar-refractivity contribution is 6.30. The molecular weight excluding hydrogens is 248 g/mol. The number of nitrogens with one attached hydrogen (secondary N) is 1. The van der Waals surface area contributed by atoms with Gasteiger partial charge in [-0.1, -0.05) is 30.2 Å². The van der Waals surface area contributed by atoms with Crippen LogP contribution in [0.25, 0.3) is 0 Å². The molecule has 0 aliphatic heterocycles. The van der Waals surface area contributed by atoms with E-state index in [0.717, 1.165) is 24.8 Å². The first-order valence-corrected chi connectivity index (χ1v) is 6.72. The summed E-state index contributed by atoms with van der Waals surface area (Å²) in [5.41, 5.74) is 6.42. The summed E-state index contributed by atoms with van der Waals surface area (Å²) in [4.78, 5) is 12.2. The monoisotopic (exact) mass is 266 g/mol. The van der Waals surface area contributed by atoms with Gasteiger partial charge in [-0.15, -0.1) is 0 Å². The van der Waals surface area contributed by atoms with E-state index in [2.05, 4.69) is 5.32 Å². The molecule has 0 heterocycles. The van der Waals surface area contributed by atoms with Crippen LogP contribution in [0.2, 0.25) is 5.02 Å². The van der Waals surface area contributed by atoms with E-state index in [1.54, 1.807) is 0 Å². The van der Waals surface area contributed by atoms with Gasteiger partial charge < -0.3 is 11.1 Å². The highest BCUT2D eigenvalue weighted by Crippen LogP contribution is 2.40. The van der Waals surface area contributed by atoms with E-state index < -0.39 is 0 Å². The third-order valence-electron chi connectivity index (χ3n) is 3.88. The number of rotatable bonds is 4. The minimum absolute atomic E-state index is 0.0415. The summed E-state index contributed by atoms with van der Waals surface area (Å²) in [6.45, 7) is 2.40. The number of hydrogen-bond donors (Lipinski definition) is 2. The first-order valence-electron chi connectivity index (χ1n) is 6.34. The fourth-order valence-electron chi connectivity index (χ4n) is 2.34. The van der Waals surface area contributed by atoms with Gasteiger partial charge >= 0.3 is 0 Å². The van der Waals surface area contributed by atoms with Crippen LogP contribution in [0.5, 0.6) is 0 Å². The Labute approximate surface area is 113 Å². The van der Waals surface area contributed by atoms with Gasteiger partial charge in [0.1, 0.15) is 0 Å². The third kappa shape index (κ3) is 2.52. The second kappa shape index (κ2) is 5.29. The van der Waals surface area contributed by atoms with Crippen LogP contribution in [0.4, 0.5) is 0 Å². The molecule has 3 N–H and O–H groups in total. The summed E-state index contributed by atoms with van der Waals surface area (Å²) in [5, 5.41) is 3.73. The number of amides is 1. The third-order valence-corrected chi connectivity index (χ3v) is 4.11. The van der Waals surface area contributed by atoms with Crippen LogP contribution in [0.15, 0.2) is 24.3 Å². The van der Waals surface area contributed by atoms with Crippen molar-refractivity contribution < 1.29 is 4.79 Å². The minimum Gasteiger partial charge on any atom is -0.349 e. The summed E-state index contributed by atoms with van der Waals surface area (Å²) >= 11 is 5.95. The molecule has 98 valence electrons. The predicted octanol–water partition coefficient (Wildman–Crippen LogP) is 2.65. The van der Waals surface area contributed by atoms with Crippen molar-refractivity contribution in [3.05, 3.63) is 34.9 Å². The molecule has 1 aromatic rings. The Morgan fingerprint density at radius 3 is 2.78 bits per heavy atom. The van der Waals surface area contributed by atoms with E-state index in [4.69, 9.17) is 17.3 Å². The summed E-state index contributed by atoms with van der Waals surface area (Å²) < 4.78 is 0. The van der Waals surface area contributed by atoms with Crippen molar-refractivity contribution in [2.45, 2.75) is 32.2 Å². The van der Waals surface area contributed by atoms with Gasteiger partial charge in [0.2, 0.25) is 5.91 Å². The Hall–Kier alpha value is -1.06. The van der Waals surface area contributed by atoms with Gasteiger partial charge in [-0.25, -0.2) is 0 Å². The molecule has 0 saturated heterocycles. The smallest absolute Gasteiger partial charge is 0.227 e. The normalized spacial score (nSPS) is 18.8. The highest BCUT2D eigenvalue weighted by Gasteiger charge is 2.43. The topological polar surface area (TPSA) is 55.1 Å². The first kappa shape index (κ1) is 13.4. The molecule has 1 aliphatic carbocycles. The largest absolute Gasteiger partial charge is 0.349 e. The Morgan fingerprint density at radius 2 is 2.28 bits per heavy atom. The molecule has 1 aliphatic rings. The van der Waals surface area contributed by atoms with E-state index >= 15 is 0 Å². The quantitative estimate of drug-likeness (QED) is 0.880. The standard InChI is InChI=1S/C14H19ClN2O/c1-10(11-4-2-5-12(15)8-11)17-13(18)14(9-16)6-3-7-14/h2,4-5,8,10H,3,6-7,9,16H2,1H3,(H,17,18). The van der Waals surface area contributed by atoms with Crippen molar-refractivity contribution in [1.82, 2.24) is 5.32 Å². The van der Waals surface area contributed by atoms with E-state index in [-0.39, 0.29) is 17.4 Å². The Bertz CT molecular complexity index is 438. The zero-order valence-electron chi connectivity index (χ0n) is 10.6. The van der Waals surface area contributed by atoms with Gasteiger partial charge in [0, 0.05) is 11.6 Å². The van der Waals surface area contributed by atoms with Gasteiger partial charge in [-0.3, -0.25) is 4.79 Å². The summed E-state index contributed by atoms with van der Waals surface area (Å²) in [5.74, 6) is 0.0729. The number of halogens is 1. The molecule has 1 saturated carbocycles. The lowest BCUT2D eigenvalue weighted by Gasteiger charge is -2.39. The molecule has 18 heavy (non-hydrogen) atoms. The molecule has 3 nitrogen and oxygen atoms in total. The average molecular weight is 267 g/mol. The molecule has 2 rings (SSSR count). The molecule has 1 aromatic carbocycles. The van der Waals surface area contributed by atoms with Crippen LogP contribution >= 0.6 is 11.6 Å². The van der Waals surface area contributed by atoms with Gasteiger partial charge in [0.25, 0.3) is 0 Å². The molecule has 1 unspecified atom stereocenters. The number of nitrogens with two attached hydrogens (primary N) is 1. The van der Waals surface area contributed by atoms with Crippen molar-refractivity contribution in [3.8, 4) is 0 Å². The zero-order valence-corrected chi connectivity index (χ0v) is 11.3. The number of carbonyl (C=O) groups excluding carboxylic acids is 1. The summed E-state index contributed by atoms with van der Waals surface area (Å²) in [6.07, 6.45) is 2.89. The van der Waals surface area contributed by atoms with Gasteiger partial charge in [-0.2, -0.15) is 0 Å². The maximum absolute atomic E-state index is 12.2. The van der Waals surface area contributed by atoms with Crippen LogP contribution in [-0.4, -0.2) is 12.5 Å². The highest BCUT2D eigenvalue weighted by atomic mass is 35.5. The molecular formula is C14H19ClN2O. The Kier molecular flexibility index (Phi) is 3.93. The van der Waals surface area contributed by atoms with Gasteiger partial charge in [0.05, 0.1) is 11.5 Å². The van der Waals surface area contributed by atoms with Crippen molar-refractivity contribution in [2.24, 2.45) is 11.1 Å². The van der Waals surface area contributed by atoms with E-state index in [0.29, 0.717) is 11.6 Å². The molecule has 0 bridgehead atoms. The fraction of sp³-hybridized carbons (Fsp3) is 0.500. The van der Waals surface area contributed by atoms with Crippen molar-refractivity contribution in [1.29, 1.82) is 0 Å². The molecule has 1 amide bonds. The second-order valence-electron chi connectivity index (χ2n) is 5.09. The van der Waals surface area contributed by atoms with Gasteiger partial charge in [0.15, 0.2) is 0 Å². The van der Waals surface area contributed by atoms with E-state index in [1.165, 1.54) is 0 Å². The Balaban J connectivity index is 2.03. The average Bonchev–Trinajstić information content (AvgIpc) is 2.28. The van der Waals surface area contributed by atoms with Crippen molar-refractivity contribution in [3.63, 3.8) is 0 Å². The lowest BCUT2D eigenvalue weighted by atomic mass is 9.68. The number of carbonyl (C=O) groups is 1. The zero-order chi connectivity index (χ0) is 13.2. The van der Waals surface area contributed by atoms with Gasteiger partial charge in [-0.05, 0) is 37.5 Å². The maximum Gasteiger partial charge on any atom is 0.227 e.